The first-order valence-corrected chi connectivity index (χ1v) is 7.58. The van der Waals surface area contributed by atoms with E-state index in [1.165, 1.54) is 0 Å². The van der Waals surface area contributed by atoms with Gasteiger partial charge in [-0.2, -0.15) is 0 Å². The van der Waals surface area contributed by atoms with Crippen LogP contribution < -0.4 is 5.32 Å². The Morgan fingerprint density at radius 1 is 1.48 bits per heavy atom. The van der Waals surface area contributed by atoms with Crippen molar-refractivity contribution in [1.82, 2.24) is 10.5 Å². The molecule has 116 valence electrons. The molecule has 1 spiro atoms. The molecule has 0 radical (unpaired) electrons. The van der Waals surface area contributed by atoms with Crippen molar-refractivity contribution in [2.24, 2.45) is 11.3 Å². The number of hydrogen-bond acceptors (Lipinski definition) is 5. The van der Waals surface area contributed by atoms with Crippen LogP contribution in [-0.2, 0) is 4.74 Å². The summed E-state index contributed by atoms with van der Waals surface area (Å²) in [5, 5.41) is 17.2. The summed E-state index contributed by atoms with van der Waals surface area (Å²) in [6.07, 6.45) is 3.43. The fraction of sp³-hybridized carbons (Fsp3) is 0.733. The lowest BCUT2D eigenvalue weighted by atomic mass is 9.76. The molecule has 1 aliphatic carbocycles. The number of nitrogens with one attached hydrogen (secondary N) is 1. The predicted octanol–water partition coefficient (Wildman–Crippen LogP) is 1.28. The number of carbonyl (C=O) groups excluding carboxylic acids is 1. The van der Waals surface area contributed by atoms with Gasteiger partial charge in [0.1, 0.15) is 0 Å². The zero-order valence-corrected chi connectivity index (χ0v) is 12.3. The van der Waals surface area contributed by atoms with Crippen LogP contribution in [0.3, 0.4) is 0 Å². The molecule has 0 bridgehead atoms. The van der Waals surface area contributed by atoms with Crippen LogP contribution in [0.25, 0.3) is 0 Å². The molecule has 1 aromatic heterocycles. The summed E-state index contributed by atoms with van der Waals surface area (Å²) < 4.78 is 10.3. The standard InChI is InChI=1S/C15H22N2O4/c1-10-8-12(21-17-10)14(19)16-9-11-2-3-15(13(11)18)4-6-20-7-5-15/h8,11,13,18H,2-7,9H2,1H3,(H,16,19)/t11-,13-/m0/s1. The van der Waals surface area contributed by atoms with Crippen molar-refractivity contribution >= 4 is 5.91 Å². The Kier molecular flexibility index (Phi) is 3.99. The second-order valence-corrected chi connectivity index (χ2v) is 6.26. The van der Waals surface area contributed by atoms with Gasteiger partial charge in [0.25, 0.3) is 5.91 Å². The van der Waals surface area contributed by atoms with Gasteiger partial charge in [0.15, 0.2) is 0 Å². The molecule has 2 N–H and O–H groups in total. The summed E-state index contributed by atoms with van der Waals surface area (Å²) in [5.41, 5.74) is 0.679. The second kappa shape index (κ2) is 5.77. The molecule has 2 atom stereocenters. The lowest BCUT2D eigenvalue weighted by molar-refractivity contribution is -0.0555. The normalized spacial score (nSPS) is 27.9. The highest BCUT2D eigenvalue weighted by atomic mass is 16.5. The van der Waals surface area contributed by atoms with Gasteiger partial charge in [0.05, 0.1) is 11.8 Å². The number of ether oxygens (including phenoxy) is 1. The number of rotatable bonds is 3. The minimum absolute atomic E-state index is 0.00350. The number of carbonyl (C=O) groups is 1. The van der Waals surface area contributed by atoms with Gasteiger partial charge in [0.2, 0.25) is 5.76 Å². The Bertz CT molecular complexity index is 508. The van der Waals surface area contributed by atoms with E-state index >= 15 is 0 Å². The van der Waals surface area contributed by atoms with Crippen molar-refractivity contribution in [3.05, 3.63) is 17.5 Å². The second-order valence-electron chi connectivity index (χ2n) is 6.26. The van der Waals surface area contributed by atoms with Crippen LogP contribution in [0.5, 0.6) is 0 Å². The van der Waals surface area contributed by atoms with Crippen LogP contribution in [0.2, 0.25) is 0 Å². The summed E-state index contributed by atoms with van der Waals surface area (Å²) in [6.45, 7) is 3.71. The van der Waals surface area contributed by atoms with Crippen molar-refractivity contribution in [1.29, 1.82) is 0 Å². The quantitative estimate of drug-likeness (QED) is 0.877. The van der Waals surface area contributed by atoms with Crippen LogP contribution in [0, 0.1) is 18.3 Å². The molecule has 1 aromatic rings. The Morgan fingerprint density at radius 3 is 2.90 bits per heavy atom. The van der Waals surface area contributed by atoms with Gasteiger partial charge in [-0.25, -0.2) is 0 Å². The molecule has 2 heterocycles. The molecule has 1 saturated carbocycles. The first-order valence-electron chi connectivity index (χ1n) is 7.58. The molecule has 3 rings (SSSR count). The Balaban J connectivity index is 1.55. The third kappa shape index (κ3) is 2.82. The Morgan fingerprint density at radius 2 is 2.24 bits per heavy atom. The maximum atomic E-state index is 11.9. The topological polar surface area (TPSA) is 84.6 Å². The summed E-state index contributed by atoms with van der Waals surface area (Å²) >= 11 is 0. The fourth-order valence-corrected chi connectivity index (χ4v) is 3.60. The Labute approximate surface area is 123 Å². The average Bonchev–Trinajstić information content (AvgIpc) is 3.05. The SMILES string of the molecule is Cc1cc(C(=O)NC[C@@H]2CCC3(CCOCC3)[C@H]2O)on1. The van der Waals surface area contributed by atoms with Gasteiger partial charge in [-0.05, 0) is 32.6 Å². The molecule has 0 aromatic carbocycles. The maximum Gasteiger partial charge on any atom is 0.289 e. The van der Waals surface area contributed by atoms with Gasteiger partial charge in [0, 0.05) is 37.2 Å². The number of nitrogens with zero attached hydrogens (tertiary/aromatic N) is 1. The zero-order valence-electron chi connectivity index (χ0n) is 12.3. The minimum atomic E-state index is -0.363. The van der Waals surface area contributed by atoms with Gasteiger partial charge in [-0.3, -0.25) is 4.79 Å². The first kappa shape index (κ1) is 14.5. The van der Waals surface area contributed by atoms with E-state index in [2.05, 4.69) is 10.5 Å². The van der Waals surface area contributed by atoms with E-state index in [9.17, 15) is 9.90 Å². The van der Waals surface area contributed by atoms with E-state index in [0.717, 1.165) is 38.9 Å². The number of amides is 1. The van der Waals surface area contributed by atoms with E-state index in [0.29, 0.717) is 12.2 Å². The van der Waals surface area contributed by atoms with Crippen LogP contribution in [0.15, 0.2) is 10.6 Å². The van der Waals surface area contributed by atoms with E-state index in [-0.39, 0.29) is 29.1 Å². The highest BCUT2D eigenvalue weighted by Crippen LogP contribution is 2.48. The maximum absolute atomic E-state index is 11.9. The number of aliphatic hydroxyl groups is 1. The number of aliphatic hydroxyl groups excluding tert-OH is 1. The molecule has 1 amide bonds. The van der Waals surface area contributed by atoms with Crippen molar-refractivity contribution in [3.8, 4) is 0 Å². The highest BCUT2D eigenvalue weighted by molar-refractivity contribution is 5.91. The predicted molar refractivity (Wildman–Crippen MR) is 74.8 cm³/mol. The lowest BCUT2D eigenvalue weighted by Gasteiger charge is -2.37. The van der Waals surface area contributed by atoms with Crippen LogP contribution in [0.1, 0.15) is 41.9 Å². The smallest absolute Gasteiger partial charge is 0.289 e. The first-order chi connectivity index (χ1) is 10.1. The van der Waals surface area contributed by atoms with E-state index in [1.807, 2.05) is 0 Å². The molecular formula is C15H22N2O4. The summed E-state index contributed by atoms with van der Waals surface area (Å²) in [7, 11) is 0. The van der Waals surface area contributed by atoms with Gasteiger partial charge < -0.3 is 19.7 Å². The number of aromatic nitrogens is 1. The van der Waals surface area contributed by atoms with E-state index in [4.69, 9.17) is 9.26 Å². The molecule has 2 aliphatic rings. The van der Waals surface area contributed by atoms with E-state index < -0.39 is 0 Å². The molecule has 0 unspecified atom stereocenters. The fourth-order valence-electron chi connectivity index (χ4n) is 3.60. The summed E-state index contributed by atoms with van der Waals surface area (Å²) in [6, 6.07) is 1.61. The monoisotopic (exact) mass is 294 g/mol. The molecule has 6 nitrogen and oxygen atoms in total. The molecule has 1 aliphatic heterocycles. The molecule has 2 fully saturated rings. The van der Waals surface area contributed by atoms with E-state index in [1.54, 1.807) is 13.0 Å². The lowest BCUT2D eigenvalue weighted by Crippen LogP contribution is -2.41. The van der Waals surface area contributed by atoms with Crippen molar-refractivity contribution in [3.63, 3.8) is 0 Å². The Hall–Kier alpha value is -1.40. The largest absolute Gasteiger partial charge is 0.392 e. The van der Waals surface area contributed by atoms with Gasteiger partial charge in [-0.1, -0.05) is 5.16 Å². The van der Waals surface area contributed by atoms with Crippen molar-refractivity contribution < 1.29 is 19.2 Å². The zero-order chi connectivity index (χ0) is 14.9. The van der Waals surface area contributed by atoms with Crippen molar-refractivity contribution in [2.75, 3.05) is 19.8 Å². The minimum Gasteiger partial charge on any atom is -0.392 e. The van der Waals surface area contributed by atoms with Crippen LogP contribution >= 0.6 is 0 Å². The third-order valence-corrected chi connectivity index (χ3v) is 4.95. The molecule has 21 heavy (non-hydrogen) atoms. The average molecular weight is 294 g/mol. The number of aryl methyl sites for hydroxylation is 1. The molecule has 1 saturated heterocycles. The van der Waals surface area contributed by atoms with Gasteiger partial charge >= 0.3 is 0 Å². The highest BCUT2D eigenvalue weighted by Gasteiger charge is 2.48. The van der Waals surface area contributed by atoms with Crippen LogP contribution in [-0.4, -0.2) is 42.0 Å². The van der Waals surface area contributed by atoms with Crippen LogP contribution in [0.4, 0.5) is 0 Å². The summed E-state index contributed by atoms with van der Waals surface area (Å²) in [4.78, 5) is 11.9. The third-order valence-electron chi connectivity index (χ3n) is 4.95. The number of hydrogen-bond donors (Lipinski definition) is 2. The molecule has 6 heteroatoms. The summed E-state index contributed by atoms with van der Waals surface area (Å²) in [5.74, 6) is 0.0626. The van der Waals surface area contributed by atoms with Gasteiger partial charge in [-0.15, -0.1) is 0 Å². The molecular weight excluding hydrogens is 272 g/mol. The van der Waals surface area contributed by atoms with Crippen molar-refractivity contribution in [2.45, 2.75) is 38.7 Å².